The Kier molecular flexibility index (Phi) is 5.05. The monoisotopic (exact) mass is 342 g/mol. The Labute approximate surface area is 158 Å². The first-order valence-electron chi connectivity index (χ1n) is 9.51. The van der Waals surface area contributed by atoms with E-state index in [4.69, 9.17) is 0 Å². The van der Waals surface area contributed by atoms with E-state index >= 15 is 0 Å². The highest BCUT2D eigenvalue weighted by Gasteiger charge is 2.28. The van der Waals surface area contributed by atoms with Gasteiger partial charge in [-0.1, -0.05) is 107 Å². The number of hydrogen-bond acceptors (Lipinski definition) is 0. The molecule has 0 aliphatic carbocycles. The number of hydrogen-bond donors (Lipinski definition) is 0. The fourth-order valence-electron chi connectivity index (χ4n) is 4.04. The molecule has 0 aliphatic rings. The lowest BCUT2D eigenvalue weighted by Crippen LogP contribution is -2.25. The molecule has 0 amide bonds. The molecule has 26 heavy (non-hydrogen) atoms. The molecule has 0 saturated carbocycles. The van der Waals surface area contributed by atoms with E-state index in [1.807, 2.05) is 0 Å². The van der Waals surface area contributed by atoms with Crippen LogP contribution in [0.25, 0.3) is 22.3 Å². The average molecular weight is 343 g/mol. The van der Waals surface area contributed by atoms with Crippen molar-refractivity contribution in [3.63, 3.8) is 0 Å². The summed E-state index contributed by atoms with van der Waals surface area (Å²) in [4.78, 5) is 0. The van der Waals surface area contributed by atoms with Crippen molar-refractivity contribution in [1.29, 1.82) is 0 Å². The molecule has 0 heterocycles. The summed E-state index contributed by atoms with van der Waals surface area (Å²) in [5.74, 6) is 0. The summed E-state index contributed by atoms with van der Waals surface area (Å²) < 4.78 is 0. The van der Waals surface area contributed by atoms with Gasteiger partial charge in [0, 0.05) is 0 Å². The van der Waals surface area contributed by atoms with E-state index < -0.39 is 0 Å². The van der Waals surface area contributed by atoms with E-state index in [1.165, 1.54) is 27.8 Å². The first-order valence-corrected chi connectivity index (χ1v) is 9.51. The molecule has 0 N–H and O–H groups in total. The third kappa shape index (κ3) is 4.43. The normalized spacial score (nSPS) is 12.2. The first kappa shape index (κ1) is 18.5. The SMILES string of the molecule is CC(C)(C)CC(C)(C)c1cc(-c2ccccc2)cc(-c2ccccc2)c1. The van der Waals surface area contributed by atoms with E-state index in [1.54, 1.807) is 0 Å². The molecule has 0 heteroatoms. The van der Waals surface area contributed by atoms with Crippen LogP contribution in [0.15, 0.2) is 78.9 Å². The summed E-state index contributed by atoms with van der Waals surface area (Å²) in [7, 11) is 0. The van der Waals surface area contributed by atoms with Gasteiger partial charge in [0.1, 0.15) is 0 Å². The van der Waals surface area contributed by atoms with Gasteiger partial charge in [-0.15, -0.1) is 0 Å². The maximum atomic E-state index is 2.38. The van der Waals surface area contributed by atoms with Crippen molar-refractivity contribution in [1.82, 2.24) is 0 Å². The van der Waals surface area contributed by atoms with Gasteiger partial charge in [0.25, 0.3) is 0 Å². The lowest BCUT2D eigenvalue weighted by Gasteiger charge is -2.33. The topological polar surface area (TPSA) is 0 Å². The molecule has 0 nitrogen and oxygen atoms in total. The highest BCUT2D eigenvalue weighted by atomic mass is 14.3. The highest BCUT2D eigenvalue weighted by Crippen LogP contribution is 2.39. The summed E-state index contributed by atoms with van der Waals surface area (Å²) in [6.45, 7) is 11.7. The molecule has 0 fully saturated rings. The van der Waals surface area contributed by atoms with Crippen LogP contribution in [-0.4, -0.2) is 0 Å². The van der Waals surface area contributed by atoms with Gasteiger partial charge in [0.05, 0.1) is 0 Å². The Morgan fingerprint density at radius 2 is 0.962 bits per heavy atom. The predicted molar refractivity (Wildman–Crippen MR) is 114 cm³/mol. The molecule has 0 saturated heterocycles. The molecule has 3 aromatic carbocycles. The largest absolute Gasteiger partial charge is 0.0622 e. The van der Waals surface area contributed by atoms with E-state index in [0.717, 1.165) is 6.42 Å². The molecule has 0 aliphatic heterocycles. The van der Waals surface area contributed by atoms with Crippen molar-refractivity contribution < 1.29 is 0 Å². The molecule has 0 bridgehead atoms. The Morgan fingerprint density at radius 1 is 0.538 bits per heavy atom. The first-order chi connectivity index (χ1) is 12.2. The predicted octanol–water partition coefficient (Wildman–Crippen LogP) is 7.73. The zero-order valence-electron chi connectivity index (χ0n) is 16.7. The summed E-state index contributed by atoms with van der Waals surface area (Å²) in [6.07, 6.45) is 1.15. The van der Waals surface area contributed by atoms with Crippen molar-refractivity contribution >= 4 is 0 Å². The van der Waals surface area contributed by atoms with Gasteiger partial charge in [-0.2, -0.15) is 0 Å². The van der Waals surface area contributed by atoms with Crippen LogP contribution in [0.1, 0.15) is 46.6 Å². The minimum atomic E-state index is 0.118. The van der Waals surface area contributed by atoms with Gasteiger partial charge in [-0.05, 0) is 51.1 Å². The quantitative estimate of drug-likeness (QED) is 0.455. The smallest absolute Gasteiger partial charge is 0.00981 e. The Balaban J connectivity index is 2.15. The molecular weight excluding hydrogens is 312 g/mol. The maximum absolute atomic E-state index is 2.38. The fourth-order valence-corrected chi connectivity index (χ4v) is 4.04. The van der Waals surface area contributed by atoms with E-state index in [-0.39, 0.29) is 5.41 Å². The summed E-state index contributed by atoms with van der Waals surface area (Å²) in [5.41, 5.74) is 6.96. The summed E-state index contributed by atoms with van der Waals surface area (Å²) >= 11 is 0. The van der Waals surface area contributed by atoms with Crippen molar-refractivity contribution in [2.45, 2.75) is 46.5 Å². The molecule has 3 aromatic rings. The molecule has 0 atom stereocenters. The van der Waals surface area contributed by atoms with Crippen molar-refractivity contribution in [3.05, 3.63) is 84.4 Å². The van der Waals surface area contributed by atoms with Crippen LogP contribution in [0, 0.1) is 5.41 Å². The van der Waals surface area contributed by atoms with Crippen molar-refractivity contribution in [2.75, 3.05) is 0 Å². The van der Waals surface area contributed by atoms with E-state index in [0.29, 0.717) is 5.41 Å². The lowest BCUT2D eigenvalue weighted by molar-refractivity contribution is 0.284. The summed E-state index contributed by atoms with van der Waals surface area (Å²) in [6, 6.07) is 28.5. The molecule has 3 rings (SSSR count). The number of rotatable bonds is 4. The van der Waals surface area contributed by atoms with Crippen molar-refractivity contribution in [2.24, 2.45) is 5.41 Å². The number of benzene rings is 3. The third-order valence-electron chi connectivity index (χ3n) is 4.90. The van der Waals surface area contributed by atoms with Gasteiger partial charge >= 0.3 is 0 Å². The van der Waals surface area contributed by atoms with Crippen LogP contribution in [0.2, 0.25) is 0 Å². The maximum Gasteiger partial charge on any atom is -0.00981 e. The Bertz CT molecular complexity index is 792. The van der Waals surface area contributed by atoms with Gasteiger partial charge in [-0.25, -0.2) is 0 Å². The minimum Gasteiger partial charge on any atom is -0.0622 e. The van der Waals surface area contributed by atoms with E-state index in [2.05, 4.69) is 113 Å². The van der Waals surface area contributed by atoms with Gasteiger partial charge < -0.3 is 0 Å². The molecule has 0 radical (unpaired) electrons. The van der Waals surface area contributed by atoms with Crippen molar-refractivity contribution in [3.8, 4) is 22.3 Å². The second-order valence-electron chi connectivity index (χ2n) is 9.15. The zero-order chi connectivity index (χ0) is 18.8. The zero-order valence-corrected chi connectivity index (χ0v) is 16.7. The third-order valence-corrected chi connectivity index (χ3v) is 4.90. The highest BCUT2D eigenvalue weighted by molar-refractivity contribution is 5.74. The molecule has 0 aromatic heterocycles. The molecule has 134 valence electrons. The second kappa shape index (κ2) is 7.11. The molecule has 0 spiro atoms. The molecular formula is C26H30. The van der Waals surface area contributed by atoms with Crippen LogP contribution >= 0.6 is 0 Å². The lowest BCUT2D eigenvalue weighted by atomic mass is 9.71. The Morgan fingerprint density at radius 3 is 1.35 bits per heavy atom. The second-order valence-corrected chi connectivity index (χ2v) is 9.15. The minimum absolute atomic E-state index is 0.118. The Hall–Kier alpha value is -2.34. The van der Waals surface area contributed by atoms with Crippen LogP contribution in [-0.2, 0) is 5.41 Å². The van der Waals surface area contributed by atoms with Crippen LogP contribution in [0.3, 0.4) is 0 Å². The van der Waals surface area contributed by atoms with Crippen LogP contribution in [0.4, 0.5) is 0 Å². The average Bonchev–Trinajstić information content (AvgIpc) is 2.61. The van der Waals surface area contributed by atoms with E-state index in [9.17, 15) is 0 Å². The van der Waals surface area contributed by atoms with Crippen LogP contribution in [0.5, 0.6) is 0 Å². The van der Waals surface area contributed by atoms with Gasteiger partial charge in [0.15, 0.2) is 0 Å². The standard InChI is InChI=1S/C26H30/c1-25(2,3)19-26(4,5)24-17-22(20-12-8-6-9-13-20)16-23(18-24)21-14-10-7-11-15-21/h6-18H,19H2,1-5H3. The summed E-state index contributed by atoms with van der Waals surface area (Å²) in [5, 5.41) is 0. The fraction of sp³-hybridized carbons (Fsp3) is 0.308. The van der Waals surface area contributed by atoms with Crippen LogP contribution < -0.4 is 0 Å². The van der Waals surface area contributed by atoms with Gasteiger partial charge in [-0.3, -0.25) is 0 Å². The molecule has 0 unspecified atom stereocenters. The van der Waals surface area contributed by atoms with Gasteiger partial charge in [0.2, 0.25) is 0 Å².